The molecular formula is C21H29N3O3S2. The Morgan fingerprint density at radius 3 is 2.55 bits per heavy atom. The molecule has 1 aromatic carbocycles. The molecule has 0 saturated carbocycles. The van der Waals surface area contributed by atoms with Gasteiger partial charge in [-0.05, 0) is 73.9 Å². The van der Waals surface area contributed by atoms with Crippen LogP contribution in [0, 0.1) is 6.92 Å². The quantitative estimate of drug-likeness (QED) is 0.725. The van der Waals surface area contributed by atoms with Crippen LogP contribution < -0.4 is 5.32 Å². The molecule has 8 heteroatoms. The number of hydrogen-bond acceptors (Lipinski definition) is 5. The molecule has 1 saturated heterocycles. The summed E-state index contributed by atoms with van der Waals surface area (Å²) in [5.41, 5.74) is 2.18. The van der Waals surface area contributed by atoms with Crippen LogP contribution in [0.15, 0.2) is 39.9 Å². The van der Waals surface area contributed by atoms with Crippen LogP contribution in [0.2, 0.25) is 0 Å². The van der Waals surface area contributed by atoms with E-state index in [4.69, 9.17) is 0 Å². The van der Waals surface area contributed by atoms with Gasteiger partial charge in [-0.1, -0.05) is 12.5 Å². The molecular weight excluding hydrogens is 406 g/mol. The second-order valence-corrected chi connectivity index (χ2v) is 10.4. The average molecular weight is 436 g/mol. The minimum Gasteiger partial charge on any atom is -0.350 e. The van der Waals surface area contributed by atoms with E-state index in [9.17, 15) is 13.2 Å². The van der Waals surface area contributed by atoms with Crippen molar-refractivity contribution in [2.75, 3.05) is 33.7 Å². The third kappa shape index (κ3) is 5.06. The van der Waals surface area contributed by atoms with Crippen LogP contribution in [0.4, 0.5) is 0 Å². The number of benzene rings is 1. The molecule has 0 spiro atoms. The highest BCUT2D eigenvalue weighted by molar-refractivity contribution is 7.89. The molecule has 158 valence electrons. The number of aryl methyl sites for hydroxylation is 1. The summed E-state index contributed by atoms with van der Waals surface area (Å²) in [6.45, 7) is 3.31. The first-order valence-electron chi connectivity index (χ1n) is 9.88. The summed E-state index contributed by atoms with van der Waals surface area (Å²) in [6.07, 6.45) is 2.82. The first-order chi connectivity index (χ1) is 13.8. The van der Waals surface area contributed by atoms with Crippen LogP contribution in [-0.4, -0.2) is 57.3 Å². The summed E-state index contributed by atoms with van der Waals surface area (Å²) in [5.74, 6) is -0.262. The van der Waals surface area contributed by atoms with Crippen molar-refractivity contribution >= 4 is 27.3 Å². The summed E-state index contributed by atoms with van der Waals surface area (Å²) in [6, 6.07) is 7.04. The van der Waals surface area contributed by atoms with Crippen LogP contribution in [0.3, 0.4) is 0 Å². The number of rotatable bonds is 7. The van der Waals surface area contributed by atoms with Crippen LogP contribution in [0.25, 0.3) is 0 Å². The largest absolute Gasteiger partial charge is 0.350 e. The number of hydrogen-bond donors (Lipinski definition) is 1. The number of piperidine rings is 1. The molecule has 0 aliphatic carbocycles. The Kier molecular flexibility index (Phi) is 7.10. The zero-order chi connectivity index (χ0) is 21.0. The minimum atomic E-state index is -3.58. The fourth-order valence-corrected chi connectivity index (χ4v) is 6.09. The van der Waals surface area contributed by atoms with Gasteiger partial charge in [0.1, 0.15) is 0 Å². The molecule has 1 aliphatic rings. The van der Waals surface area contributed by atoms with E-state index in [2.05, 4.69) is 21.7 Å². The number of sulfonamides is 1. The van der Waals surface area contributed by atoms with E-state index >= 15 is 0 Å². The van der Waals surface area contributed by atoms with Crippen molar-refractivity contribution in [3.8, 4) is 0 Å². The molecule has 6 nitrogen and oxygen atoms in total. The van der Waals surface area contributed by atoms with Crippen LogP contribution in [0.5, 0.6) is 0 Å². The maximum atomic E-state index is 13.1. The zero-order valence-corrected chi connectivity index (χ0v) is 18.9. The van der Waals surface area contributed by atoms with Crippen LogP contribution in [-0.2, 0) is 10.0 Å². The molecule has 29 heavy (non-hydrogen) atoms. The molecule has 1 N–H and O–H groups in total. The zero-order valence-electron chi connectivity index (χ0n) is 17.2. The highest BCUT2D eigenvalue weighted by atomic mass is 32.2. The number of nitrogens with zero attached hydrogens (tertiary/aromatic N) is 2. The number of carbonyl (C=O) groups excluding carboxylic acids is 1. The Hall–Kier alpha value is -1.74. The number of thiophene rings is 1. The molecule has 3 rings (SSSR count). The third-order valence-corrected chi connectivity index (χ3v) is 8.13. The van der Waals surface area contributed by atoms with E-state index in [1.165, 1.54) is 6.07 Å². The molecule has 1 unspecified atom stereocenters. The van der Waals surface area contributed by atoms with Gasteiger partial charge in [0.05, 0.1) is 10.9 Å². The van der Waals surface area contributed by atoms with Gasteiger partial charge in [-0.25, -0.2) is 8.42 Å². The normalized spacial score (nSPS) is 16.7. The Labute approximate surface area is 177 Å². The maximum absolute atomic E-state index is 13.1. The van der Waals surface area contributed by atoms with Gasteiger partial charge in [-0.3, -0.25) is 4.79 Å². The van der Waals surface area contributed by atoms with E-state index in [1.54, 1.807) is 34.7 Å². The Morgan fingerprint density at radius 1 is 1.21 bits per heavy atom. The summed E-state index contributed by atoms with van der Waals surface area (Å²) in [5, 5.41) is 7.06. The van der Waals surface area contributed by atoms with Gasteiger partial charge in [0.2, 0.25) is 10.0 Å². The number of likely N-dealkylation sites (N-methyl/N-ethyl adjacent to an activating group) is 1. The molecule has 2 aromatic rings. The smallest absolute Gasteiger partial charge is 0.251 e. The fraction of sp³-hybridized carbons (Fsp3) is 0.476. The standard InChI is InChI=1S/C21H29N3O3S2/c1-16-7-8-17(13-20(16)29(26,27)24-10-5-4-6-11-24)21(25)22-14-19(23(2)3)18-9-12-28-15-18/h7-9,12-13,15,19H,4-6,10-11,14H2,1-3H3,(H,22,25). The van der Waals surface area contributed by atoms with Gasteiger partial charge < -0.3 is 10.2 Å². The van der Waals surface area contributed by atoms with Gasteiger partial charge in [0, 0.05) is 25.2 Å². The summed E-state index contributed by atoms with van der Waals surface area (Å²) in [7, 11) is 0.369. The number of amides is 1. The van der Waals surface area contributed by atoms with Gasteiger partial charge in [0.15, 0.2) is 0 Å². The Bertz CT molecular complexity index is 934. The number of carbonyl (C=O) groups is 1. The predicted octanol–water partition coefficient (Wildman–Crippen LogP) is 3.26. The molecule has 2 heterocycles. The topological polar surface area (TPSA) is 69.7 Å². The molecule has 1 aromatic heterocycles. The van der Waals surface area contributed by atoms with E-state index in [0.717, 1.165) is 24.8 Å². The van der Waals surface area contributed by atoms with Crippen molar-refractivity contribution in [1.29, 1.82) is 0 Å². The fourth-order valence-electron chi connectivity index (χ4n) is 3.62. The van der Waals surface area contributed by atoms with E-state index in [1.807, 2.05) is 19.5 Å². The monoisotopic (exact) mass is 435 g/mol. The van der Waals surface area contributed by atoms with E-state index in [-0.39, 0.29) is 16.8 Å². The molecule has 0 radical (unpaired) electrons. The predicted molar refractivity (Wildman–Crippen MR) is 117 cm³/mol. The first-order valence-corrected chi connectivity index (χ1v) is 12.3. The average Bonchev–Trinajstić information content (AvgIpc) is 3.23. The van der Waals surface area contributed by atoms with Crippen molar-refractivity contribution < 1.29 is 13.2 Å². The third-order valence-electron chi connectivity index (χ3n) is 5.39. The molecule has 1 atom stereocenters. The van der Waals surface area contributed by atoms with Crippen LogP contribution in [0.1, 0.15) is 46.8 Å². The molecule has 0 bridgehead atoms. The second-order valence-electron chi connectivity index (χ2n) is 7.69. The number of nitrogens with one attached hydrogen (secondary N) is 1. The lowest BCUT2D eigenvalue weighted by molar-refractivity contribution is 0.0941. The first kappa shape index (κ1) is 22.0. The summed E-state index contributed by atoms with van der Waals surface area (Å²) in [4.78, 5) is 15.1. The van der Waals surface area contributed by atoms with Gasteiger partial charge in [0.25, 0.3) is 5.91 Å². The van der Waals surface area contributed by atoms with Gasteiger partial charge in [-0.15, -0.1) is 0 Å². The van der Waals surface area contributed by atoms with Crippen molar-refractivity contribution in [2.45, 2.75) is 37.1 Å². The highest BCUT2D eigenvalue weighted by Crippen LogP contribution is 2.25. The van der Waals surface area contributed by atoms with Gasteiger partial charge in [-0.2, -0.15) is 15.6 Å². The maximum Gasteiger partial charge on any atom is 0.251 e. The van der Waals surface area contributed by atoms with Crippen molar-refractivity contribution in [1.82, 2.24) is 14.5 Å². The van der Waals surface area contributed by atoms with Crippen LogP contribution >= 0.6 is 11.3 Å². The molecule has 1 aliphatic heterocycles. The second kappa shape index (κ2) is 9.38. The van der Waals surface area contributed by atoms with Crippen molar-refractivity contribution in [3.63, 3.8) is 0 Å². The molecule has 1 fully saturated rings. The van der Waals surface area contributed by atoms with Gasteiger partial charge >= 0.3 is 0 Å². The van der Waals surface area contributed by atoms with Crippen molar-refractivity contribution in [3.05, 3.63) is 51.7 Å². The van der Waals surface area contributed by atoms with Crippen molar-refractivity contribution in [2.24, 2.45) is 0 Å². The lowest BCUT2D eigenvalue weighted by atomic mass is 10.1. The minimum absolute atomic E-state index is 0.0622. The van der Waals surface area contributed by atoms with E-state index < -0.39 is 10.0 Å². The Balaban J connectivity index is 1.77. The summed E-state index contributed by atoms with van der Waals surface area (Å²) < 4.78 is 27.7. The molecule has 1 amide bonds. The van der Waals surface area contributed by atoms with E-state index in [0.29, 0.717) is 30.8 Å². The Morgan fingerprint density at radius 2 is 1.93 bits per heavy atom. The highest BCUT2D eigenvalue weighted by Gasteiger charge is 2.28. The SMILES string of the molecule is Cc1ccc(C(=O)NCC(c2ccsc2)N(C)C)cc1S(=O)(=O)N1CCCCC1. The lowest BCUT2D eigenvalue weighted by Gasteiger charge is -2.27. The summed E-state index contributed by atoms with van der Waals surface area (Å²) >= 11 is 1.63. The lowest BCUT2D eigenvalue weighted by Crippen LogP contribution is -2.36.